The molecule has 0 radical (unpaired) electrons. The van der Waals surface area contributed by atoms with Crippen molar-refractivity contribution >= 4 is 28.3 Å². The highest BCUT2D eigenvalue weighted by Gasteiger charge is 2.51. The molecule has 0 saturated heterocycles. The number of nitrogens with one attached hydrogen (secondary N) is 1. The lowest BCUT2D eigenvalue weighted by Gasteiger charge is -2.56. The first-order chi connectivity index (χ1) is 16.3. The maximum Gasteiger partial charge on any atom is 0.297 e. The van der Waals surface area contributed by atoms with Crippen molar-refractivity contribution in [3.8, 4) is 11.3 Å². The third-order valence-corrected chi connectivity index (χ3v) is 8.25. The summed E-state index contributed by atoms with van der Waals surface area (Å²) in [5.74, 6) is 0.105. The Morgan fingerprint density at radius 2 is 1.53 bits per heavy atom. The molecule has 4 saturated carbocycles. The van der Waals surface area contributed by atoms with Crippen molar-refractivity contribution in [2.75, 3.05) is 5.43 Å². The minimum Gasteiger partial charge on any atom is -0.273 e. The zero-order valence-electron chi connectivity index (χ0n) is 18.5. The van der Waals surface area contributed by atoms with Crippen LogP contribution in [0.2, 0.25) is 5.02 Å². The molecule has 0 unspecified atom stereocenters. The van der Waals surface area contributed by atoms with Crippen LogP contribution in [0.5, 0.6) is 0 Å². The first-order valence-corrected chi connectivity index (χ1v) is 12.1. The van der Waals surface area contributed by atoms with E-state index in [-0.39, 0.29) is 22.4 Å². The van der Waals surface area contributed by atoms with Crippen LogP contribution in [-0.2, 0) is 4.79 Å². The lowest BCUT2D eigenvalue weighted by molar-refractivity contribution is -0.125. The average Bonchev–Trinajstić information content (AvgIpc) is 2.77. The smallest absolute Gasteiger partial charge is 0.273 e. The van der Waals surface area contributed by atoms with E-state index in [2.05, 4.69) is 10.5 Å². The van der Waals surface area contributed by atoms with E-state index >= 15 is 0 Å². The number of halogens is 3. The Balaban J connectivity index is 1.38. The molecule has 34 heavy (non-hydrogen) atoms. The van der Waals surface area contributed by atoms with Crippen LogP contribution in [-0.4, -0.2) is 15.8 Å². The Morgan fingerprint density at radius 1 is 0.971 bits per heavy atom. The Morgan fingerprint density at radius 3 is 2.12 bits per heavy atom. The highest BCUT2D eigenvalue weighted by Crippen LogP contribution is 2.61. The van der Waals surface area contributed by atoms with E-state index in [0.717, 1.165) is 36.2 Å². The van der Waals surface area contributed by atoms with Crippen LogP contribution >= 0.6 is 11.6 Å². The Labute approximate surface area is 200 Å². The monoisotopic (exact) mass is 483 g/mol. The SMILES string of the molecule is O=C(CC12CC3CC(CC(C3)C1)C2)Nn1nc(-c2ccc(Cl)cc2)c2c(F)ccc(F)c2c1=O. The van der Waals surface area contributed by atoms with E-state index in [1.54, 1.807) is 24.3 Å². The Hall–Kier alpha value is -2.80. The third kappa shape index (κ3) is 3.61. The number of carbonyl (C=O) groups is 1. The maximum absolute atomic E-state index is 14.8. The molecule has 4 aliphatic carbocycles. The van der Waals surface area contributed by atoms with Gasteiger partial charge in [0.15, 0.2) is 0 Å². The van der Waals surface area contributed by atoms with Gasteiger partial charge in [0.2, 0.25) is 5.91 Å². The van der Waals surface area contributed by atoms with Crippen LogP contribution in [0.3, 0.4) is 0 Å². The van der Waals surface area contributed by atoms with Gasteiger partial charge in [0.25, 0.3) is 5.56 Å². The van der Waals surface area contributed by atoms with Gasteiger partial charge in [-0.2, -0.15) is 0 Å². The summed E-state index contributed by atoms with van der Waals surface area (Å²) in [7, 11) is 0. The molecule has 0 aliphatic heterocycles. The summed E-state index contributed by atoms with van der Waals surface area (Å²) in [5, 5.41) is 4.06. The van der Waals surface area contributed by atoms with Gasteiger partial charge >= 0.3 is 0 Å². The molecule has 4 fully saturated rings. The molecule has 2 aromatic carbocycles. The molecule has 1 aromatic heterocycles. The molecule has 4 bridgehead atoms. The largest absolute Gasteiger partial charge is 0.297 e. The lowest BCUT2D eigenvalue weighted by atomic mass is 9.49. The predicted octanol–water partition coefficient (Wildman–Crippen LogP) is 5.67. The summed E-state index contributed by atoms with van der Waals surface area (Å²) < 4.78 is 29.5. The molecule has 176 valence electrons. The van der Waals surface area contributed by atoms with Gasteiger partial charge in [-0.15, -0.1) is 9.89 Å². The van der Waals surface area contributed by atoms with Crippen LogP contribution in [0.15, 0.2) is 41.2 Å². The van der Waals surface area contributed by atoms with Crippen molar-refractivity contribution in [3.05, 3.63) is 63.4 Å². The van der Waals surface area contributed by atoms with Crippen LogP contribution < -0.4 is 11.0 Å². The second-order valence-corrected chi connectivity index (χ2v) is 10.9. The van der Waals surface area contributed by atoms with Crippen LogP contribution in [0.4, 0.5) is 8.78 Å². The molecule has 0 spiro atoms. The fourth-order valence-corrected chi connectivity index (χ4v) is 7.31. The quantitative estimate of drug-likeness (QED) is 0.520. The van der Waals surface area contributed by atoms with E-state index in [1.807, 2.05) is 0 Å². The van der Waals surface area contributed by atoms with Crippen molar-refractivity contribution in [1.29, 1.82) is 0 Å². The highest BCUT2D eigenvalue weighted by molar-refractivity contribution is 6.30. The second kappa shape index (κ2) is 7.87. The second-order valence-electron chi connectivity index (χ2n) is 10.5. The number of nitrogens with zero attached hydrogens (tertiary/aromatic N) is 2. The molecular formula is C26H24ClF2N3O2. The zero-order valence-corrected chi connectivity index (χ0v) is 19.2. The highest BCUT2D eigenvalue weighted by atomic mass is 35.5. The number of hydrogen-bond acceptors (Lipinski definition) is 3. The average molecular weight is 484 g/mol. The van der Waals surface area contributed by atoms with E-state index < -0.39 is 22.6 Å². The fraction of sp³-hybridized carbons (Fsp3) is 0.423. The summed E-state index contributed by atoms with van der Waals surface area (Å²) in [6.45, 7) is 0. The summed E-state index contributed by atoms with van der Waals surface area (Å²) in [6, 6.07) is 8.30. The Kier molecular flexibility index (Phi) is 5.03. The number of hydrogen-bond donors (Lipinski definition) is 1. The third-order valence-electron chi connectivity index (χ3n) is 8.00. The number of aromatic nitrogens is 2. The normalized spacial score (nSPS) is 27.3. The number of rotatable bonds is 4. The van der Waals surface area contributed by atoms with Gasteiger partial charge in [-0.1, -0.05) is 23.7 Å². The van der Waals surface area contributed by atoms with Gasteiger partial charge in [-0.3, -0.25) is 9.59 Å². The van der Waals surface area contributed by atoms with Gasteiger partial charge in [0.05, 0.1) is 10.8 Å². The van der Waals surface area contributed by atoms with Crippen molar-refractivity contribution in [2.45, 2.75) is 44.9 Å². The van der Waals surface area contributed by atoms with E-state index in [4.69, 9.17) is 11.6 Å². The van der Waals surface area contributed by atoms with Gasteiger partial charge in [0, 0.05) is 17.0 Å². The molecule has 3 aromatic rings. The summed E-state index contributed by atoms with van der Waals surface area (Å²) in [4.78, 5) is 27.0. The predicted molar refractivity (Wildman–Crippen MR) is 126 cm³/mol. The van der Waals surface area contributed by atoms with Gasteiger partial charge in [-0.25, -0.2) is 14.2 Å². The summed E-state index contributed by atoms with van der Waals surface area (Å²) in [5.41, 5.74) is 2.15. The standard InChI is InChI=1S/C26H24ClF2N3O2/c27-18-3-1-17(2-4-18)24-22-19(28)5-6-20(29)23(22)25(34)32(31-24)30-21(33)13-26-10-14-7-15(11-26)9-16(8-14)12-26/h1-6,14-16H,7-13H2,(H,30,33). The molecule has 1 amide bonds. The first kappa shape index (κ1) is 21.7. The molecule has 8 heteroatoms. The molecule has 4 aliphatic rings. The van der Waals surface area contributed by atoms with Gasteiger partial charge < -0.3 is 0 Å². The topological polar surface area (TPSA) is 64.0 Å². The van der Waals surface area contributed by atoms with Crippen molar-refractivity contribution in [3.63, 3.8) is 0 Å². The minimum absolute atomic E-state index is 0.0321. The van der Waals surface area contributed by atoms with Gasteiger partial charge in [0.1, 0.15) is 17.3 Å². The van der Waals surface area contributed by atoms with Crippen molar-refractivity contribution < 1.29 is 13.6 Å². The van der Waals surface area contributed by atoms with Crippen molar-refractivity contribution in [1.82, 2.24) is 9.89 Å². The van der Waals surface area contributed by atoms with Crippen LogP contribution in [0, 0.1) is 34.8 Å². The van der Waals surface area contributed by atoms with E-state index in [0.29, 0.717) is 34.8 Å². The van der Waals surface area contributed by atoms with Crippen LogP contribution in [0.1, 0.15) is 44.9 Å². The summed E-state index contributed by atoms with van der Waals surface area (Å²) in [6.07, 6.45) is 7.24. The number of carbonyl (C=O) groups excluding carboxylic acids is 1. The van der Waals surface area contributed by atoms with E-state index in [1.165, 1.54) is 19.3 Å². The van der Waals surface area contributed by atoms with Crippen LogP contribution in [0.25, 0.3) is 22.0 Å². The molecule has 1 heterocycles. The fourth-order valence-electron chi connectivity index (χ4n) is 7.18. The number of amides is 1. The Bertz CT molecular complexity index is 1330. The summed E-state index contributed by atoms with van der Waals surface area (Å²) >= 11 is 5.98. The maximum atomic E-state index is 14.8. The molecule has 1 N–H and O–H groups in total. The van der Waals surface area contributed by atoms with E-state index in [9.17, 15) is 18.4 Å². The number of benzene rings is 2. The minimum atomic E-state index is -0.899. The molecule has 7 rings (SSSR count). The first-order valence-electron chi connectivity index (χ1n) is 11.8. The lowest BCUT2D eigenvalue weighted by Crippen LogP contribution is -2.48. The van der Waals surface area contributed by atoms with Gasteiger partial charge in [-0.05, 0) is 86.0 Å². The zero-order chi connectivity index (χ0) is 23.6. The molecular weight excluding hydrogens is 460 g/mol. The molecule has 0 atom stereocenters. The molecule has 5 nitrogen and oxygen atoms in total. The van der Waals surface area contributed by atoms with Crippen molar-refractivity contribution in [2.24, 2.45) is 23.2 Å². The number of fused-ring (bicyclic) bond motifs is 1.